The van der Waals surface area contributed by atoms with Gasteiger partial charge in [0.1, 0.15) is 10.8 Å². The van der Waals surface area contributed by atoms with E-state index in [1.54, 1.807) is 12.1 Å². The van der Waals surface area contributed by atoms with Crippen LogP contribution in [0.4, 0.5) is 4.39 Å². The van der Waals surface area contributed by atoms with Gasteiger partial charge in [0, 0.05) is 23.7 Å². The van der Waals surface area contributed by atoms with Crippen molar-refractivity contribution < 1.29 is 4.39 Å². The molecule has 2 N–H and O–H groups in total. The normalized spacial score (nSPS) is 13.6. The van der Waals surface area contributed by atoms with Gasteiger partial charge in [0.05, 0.1) is 0 Å². The van der Waals surface area contributed by atoms with Crippen LogP contribution in [0.15, 0.2) is 18.2 Å². The Morgan fingerprint density at radius 1 is 1.42 bits per heavy atom. The van der Waals surface area contributed by atoms with Gasteiger partial charge < -0.3 is 5.73 Å². The van der Waals surface area contributed by atoms with Crippen molar-refractivity contribution >= 4 is 17.2 Å². The molecule has 0 aliphatic carbocycles. The van der Waals surface area contributed by atoms with Crippen molar-refractivity contribution in [2.24, 2.45) is 11.1 Å². The zero-order valence-electron chi connectivity index (χ0n) is 12.3. The Morgan fingerprint density at radius 3 is 2.42 bits per heavy atom. The average molecular weight is 282 g/mol. The zero-order chi connectivity index (χ0) is 14.8. The Labute approximate surface area is 120 Å². The average Bonchev–Trinajstić information content (AvgIpc) is 2.29. The number of thiocarbonyl (C=S) groups is 1. The summed E-state index contributed by atoms with van der Waals surface area (Å²) in [7, 11) is 2.01. The van der Waals surface area contributed by atoms with Crippen molar-refractivity contribution in [3.05, 3.63) is 35.1 Å². The van der Waals surface area contributed by atoms with Gasteiger partial charge in [-0.3, -0.25) is 4.90 Å². The lowest BCUT2D eigenvalue weighted by Gasteiger charge is -2.35. The van der Waals surface area contributed by atoms with E-state index in [0.717, 1.165) is 0 Å². The fourth-order valence-corrected chi connectivity index (χ4v) is 2.02. The molecule has 1 unspecified atom stereocenters. The minimum absolute atomic E-state index is 0.157. The molecule has 0 aliphatic heterocycles. The summed E-state index contributed by atoms with van der Waals surface area (Å²) in [6, 6.07) is 5.29. The lowest BCUT2D eigenvalue weighted by atomic mass is 9.87. The summed E-state index contributed by atoms with van der Waals surface area (Å²) in [5.74, 6) is -0.252. The molecule has 0 heterocycles. The van der Waals surface area contributed by atoms with Gasteiger partial charge in [-0.05, 0) is 25.5 Å². The molecule has 1 rings (SSSR count). The van der Waals surface area contributed by atoms with Gasteiger partial charge in [-0.15, -0.1) is 0 Å². The van der Waals surface area contributed by atoms with Crippen molar-refractivity contribution in [2.45, 2.75) is 40.3 Å². The van der Waals surface area contributed by atoms with Crippen LogP contribution < -0.4 is 5.73 Å². The predicted molar refractivity (Wildman–Crippen MR) is 82.7 cm³/mol. The molecule has 0 saturated carbocycles. The summed E-state index contributed by atoms with van der Waals surface area (Å²) in [6.45, 7) is 9.27. The summed E-state index contributed by atoms with van der Waals surface area (Å²) in [5.41, 5.74) is 6.89. The van der Waals surface area contributed by atoms with Crippen LogP contribution in [0.1, 0.15) is 38.8 Å². The molecule has 106 valence electrons. The molecule has 0 radical (unpaired) electrons. The maximum atomic E-state index is 14.0. The second kappa shape index (κ2) is 5.97. The standard InChI is InChI=1S/C15H23FN2S/c1-10(15(2,3)4)18(5)9-12-7-6-11(14(17)19)8-13(12)16/h6-8,10H,9H2,1-5H3,(H2,17,19). The molecule has 4 heteroatoms. The zero-order valence-corrected chi connectivity index (χ0v) is 13.1. The second-order valence-electron chi connectivity index (χ2n) is 6.13. The predicted octanol–water partition coefficient (Wildman–Crippen LogP) is 3.33. The van der Waals surface area contributed by atoms with E-state index in [9.17, 15) is 4.39 Å². The van der Waals surface area contributed by atoms with Crippen LogP contribution in [0.2, 0.25) is 0 Å². The third kappa shape index (κ3) is 4.25. The highest BCUT2D eigenvalue weighted by atomic mass is 32.1. The quantitative estimate of drug-likeness (QED) is 0.859. The van der Waals surface area contributed by atoms with Gasteiger partial charge >= 0.3 is 0 Å². The molecule has 0 saturated heterocycles. The minimum atomic E-state index is -0.252. The molecule has 0 amide bonds. The minimum Gasteiger partial charge on any atom is -0.389 e. The van der Waals surface area contributed by atoms with Gasteiger partial charge in [0.25, 0.3) is 0 Å². The Morgan fingerprint density at radius 2 is 2.00 bits per heavy atom. The number of halogens is 1. The smallest absolute Gasteiger partial charge is 0.128 e. The first kappa shape index (κ1) is 16.1. The first-order valence-corrected chi connectivity index (χ1v) is 6.82. The van der Waals surface area contributed by atoms with Gasteiger partial charge in [0.15, 0.2) is 0 Å². The first-order chi connectivity index (χ1) is 8.62. The maximum absolute atomic E-state index is 14.0. The number of rotatable bonds is 4. The van der Waals surface area contributed by atoms with Crippen molar-refractivity contribution in [3.8, 4) is 0 Å². The molecule has 1 aromatic carbocycles. The third-order valence-corrected chi connectivity index (χ3v) is 3.91. The van der Waals surface area contributed by atoms with Crippen LogP contribution >= 0.6 is 12.2 Å². The largest absolute Gasteiger partial charge is 0.389 e. The van der Waals surface area contributed by atoms with Crippen molar-refractivity contribution in [1.29, 1.82) is 0 Å². The molecule has 0 aliphatic rings. The van der Waals surface area contributed by atoms with E-state index in [-0.39, 0.29) is 16.2 Å². The molecular formula is C15H23FN2S. The number of nitrogens with two attached hydrogens (primary N) is 1. The number of hydrogen-bond acceptors (Lipinski definition) is 2. The van der Waals surface area contributed by atoms with Crippen LogP contribution in [0.25, 0.3) is 0 Å². The third-order valence-electron chi connectivity index (χ3n) is 3.67. The van der Waals surface area contributed by atoms with E-state index in [1.165, 1.54) is 6.07 Å². The van der Waals surface area contributed by atoms with Crippen molar-refractivity contribution in [2.75, 3.05) is 7.05 Å². The fraction of sp³-hybridized carbons (Fsp3) is 0.533. The SMILES string of the molecule is CC(N(C)Cc1ccc(C(N)=S)cc1F)C(C)(C)C. The molecule has 0 aromatic heterocycles. The van der Waals surface area contributed by atoms with Gasteiger partial charge in [-0.25, -0.2) is 4.39 Å². The molecule has 0 fully saturated rings. The second-order valence-corrected chi connectivity index (χ2v) is 6.57. The molecule has 0 spiro atoms. The highest BCUT2D eigenvalue weighted by Crippen LogP contribution is 2.24. The molecular weight excluding hydrogens is 259 g/mol. The lowest BCUT2D eigenvalue weighted by molar-refractivity contribution is 0.133. The van der Waals surface area contributed by atoms with Crippen molar-refractivity contribution in [3.63, 3.8) is 0 Å². The maximum Gasteiger partial charge on any atom is 0.128 e. The monoisotopic (exact) mass is 282 g/mol. The van der Waals surface area contributed by atoms with Crippen LogP contribution in [0, 0.1) is 11.2 Å². The summed E-state index contributed by atoms with van der Waals surface area (Å²) in [4.78, 5) is 2.38. The molecule has 1 aromatic rings. The molecule has 2 nitrogen and oxygen atoms in total. The summed E-state index contributed by atoms with van der Waals surface area (Å²) in [6.07, 6.45) is 0. The van der Waals surface area contributed by atoms with E-state index in [2.05, 4.69) is 32.6 Å². The Bertz CT molecular complexity index is 466. The molecule has 1 atom stereocenters. The van der Waals surface area contributed by atoms with Crippen LogP contribution in [0.5, 0.6) is 0 Å². The van der Waals surface area contributed by atoms with E-state index in [1.807, 2.05) is 7.05 Å². The van der Waals surface area contributed by atoms with Crippen LogP contribution in [-0.2, 0) is 6.54 Å². The summed E-state index contributed by atoms with van der Waals surface area (Å²) in [5, 5.41) is 0. The Balaban J connectivity index is 2.86. The molecule has 0 bridgehead atoms. The number of nitrogens with zero attached hydrogens (tertiary/aromatic N) is 1. The van der Waals surface area contributed by atoms with Crippen molar-refractivity contribution in [1.82, 2.24) is 4.90 Å². The van der Waals surface area contributed by atoms with Gasteiger partial charge in [-0.2, -0.15) is 0 Å². The Hall–Kier alpha value is -1.00. The Kier molecular flexibility index (Phi) is 5.04. The van der Waals surface area contributed by atoms with E-state index in [4.69, 9.17) is 18.0 Å². The van der Waals surface area contributed by atoms with E-state index >= 15 is 0 Å². The first-order valence-electron chi connectivity index (χ1n) is 6.41. The summed E-state index contributed by atoms with van der Waals surface area (Å²) >= 11 is 4.84. The van der Waals surface area contributed by atoms with Gasteiger partial charge in [0.2, 0.25) is 0 Å². The number of benzene rings is 1. The number of hydrogen-bond donors (Lipinski definition) is 1. The van der Waals surface area contributed by atoms with Crippen LogP contribution in [0.3, 0.4) is 0 Å². The molecule has 19 heavy (non-hydrogen) atoms. The highest BCUT2D eigenvalue weighted by Gasteiger charge is 2.24. The lowest BCUT2D eigenvalue weighted by Crippen LogP contribution is -2.39. The highest BCUT2D eigenvalue weighted by molar-refractivity contribution is 7.80. The fourth-order valence-electron chi connectivity index (χ4n) is 1.90. The van der Waals surface area contributed by atoms with E-state index in [0.29, 0.717) is 23.7 Å². The van der Waals surface area contributed by atoms with Gasteiger partial charge in [-0.1, -0.05) is 45.1 Å². The van der Waals surface area contributed by atoms with E-state index < -0.39 is 0 Å². The van der Waals surface area contributed by atoms with Crippen LogP contribution in [-0.4, -0.2) is 23.0 Å². The summed E-state index contributed by atoms with van der Waals surface area (Å²) < 4.78 is 14.0. The topological polar surface area (TPSA) is 29.3 Å².